The fraction of sp³-hybridized carbons (Fsp3) is 0.845. The van der Waals surface area contributed by atoms with Crippen molar-refractivity contribution in [2.24, 2.45) is 0 Å². The Morgan fingerprint density at radius 1 is 0.312 bits per heavy atom. The van der Waals surface area contributed by atoms with E-state index in [2.05, 4.69) is 57.2 Å². The Bertz CT molecular complexity index is 1080. The van der Waals surface area contributed by atoms with E-state index >= 15 is 0 Å². The minimum absolute atomic E-state index is 0.0747. The van der Waals surface area contributed by atoms with Crippen LogP contribution in [0.2, 0.25) is 0 Å². The minimum Gasteiger partial charge on any atom is -0.462 e. The van der Waals surface area contributed by atoms with E-state index in [1.807, 2.05) is 0 Å². The summed E-state index contributed by atoms with van der Waals surface area (Å²) in [5.41, 5.74) is 0. The topological polar surface area (TPSA) is 78.9 Å². The summed E-state index contributed by atoms with van der Waals surface area (Å²) in [6.07, 6.45) is 62.7. The summed E-state index contributed by atoms with van der Waals surface area (Å²) in [5, 5.41) is 0. The molecule has 374 valence electrons. The van der Waals surface area contributed by atoms with Gasteiger partial charge < -0.3 is 14.2 Å². The van der Waals surface area contributed by atoms with Crippen LogP contribution in [0.1, 0.15) is 297 Å². The number of esters is 3. The van der Waals surface area contributed by atoms with Crippen molar-refractivity contribution in [1.29, 1.82) is 0 Å². The molecule has 0 bridgehead atoms. The van der Waals surface area contributed by atoms with E-state index in [9.17, 15) is 14.4 Å². The maximum Gasteiger partial charge on any atom is 0.306 e. The van der Waals surface area contributed by atoms with Gasteiger partial charge in [-0.15, -0.1) is 0 Å². The summed E-state index contributed by atoms with van der Waals surface area (Å²) < 4.78 is 16.8. The number of hydrogen-bond acceptors (Lipinski definition) is 6. The van der Waals surface area contributed by atoms with Gasteiger partial charge >= 0.3 is 17.9 Å². The molecule has 0 fully saturated rings. The molecular weight excluding hydrogens is 793 g/mol. The first-order chi connectivity index (χ1) is 31.5. The van der Waals surface area contributed by atoms with Crippen LogP contribution in [0.4, 0.5) is 0 Å². The predicted octanol–water partition coefficient (Wildman–Crippen LogP) is 18.5. The van der Waals surface area contributed by atoms with Gasteiger partial charge in [-0.3, -0.25) is 14.4 Å². The maximum atomic E-state index is 12.8. The van der Waals surface area contributed by atoms with Crippen molar-refractivity contribution in [1.82, 2.24) is 0 Å². The summed E-state index contributed by atoms with van der Waals surface area (Å²) in [4.78, 5) is 38.0. The molecule has 0 heterocycles. The number of hydrogen-bond donors (Lipinski definition) is 0. The zero-order valence-corrected chi connectivity index (χ0v) is 42.8. The molecule has 1 atom stereocenters. The third-order valence-corrected chi connectivity index (χ3v) is 12.4. The number of rotatable bonds is 51. The molecule has 6 nitrogen and oxygen atoms in total. The third kappa shape index (κ3) is 50.6. The van der Waals surface area contributed by atoms with Crippen LogP contribution < -0.4 is 0 Å². The van der Waals surface area contributed by atoms with Crippen molar-refractivity contribution in [2.45, 2.75) is 303 Å². The van der Waals surface area contributed by atoms with E-state index in [0.717, 1.165) is 77.0 Å². The molecule has 0 saturated carbocycles. The lowest BCUT2D eigenvalue weighted by atomic mass is 10.0. The number of ether oxygens (including phenoxy) is 3. The van der Waals surface area contributed by atoms with Crippen molar-refractivity contribution in [3.05, 3.63) is 36.5 Å². The normalized spacial score (nSPS) is 12.2. The van der Waals surface area contributed by atoms with Crippen molar-refractivity contribution in [3.8, 4) is 0 Å². The highest BCUT2D eigenvalue weighted by Gasteiger charge is 2.19. The molecule has 0 spiro atoms. The first-order valence-corrected chi connectivity index (χ1v) is 28.0. The summed E-state index contributed by atoms with van der Waals surface area (Å²) in [7, 11) is 0. The Labute approximate surface area is 397 Å². The summed E-state index contributed by atoms with van der Waals surface area (Å²) in [6.45, 7) is 6.60. The molecular formula is C58H106O6. The molecule has 0 aromatic carbocycles. The van der Waals surface area contributed by atoms with E-state index in [1.165, 1.54) is 180 Å². The van der Waals surface area contributed by atoms with Crippen molar-refractivity contribution in [3.63, 3.8) is 0 Å². The van der Waals surface area contributed by atoms with Gasteiger partial charge in [0.1, 0.15) is 13.2 Å². The van der Waals surface area contributed by atoms with Gasteiger partial charge in [-0.1, -0.05) is 243 Å². The van der Waals surface area contributed by atoms with Crippen LogP contribution in [-0.4, -0.2) is 37.2 Å². The third-order valence-electron chi connectivity index (χ3n) is 12.4. The zero-order valence-electron chi connectivity index (χ0n) is 42.8. The SMILES string of the molecule is CCCC/C=C\CCCCCCCC(=O)OCC(COC(=O)CCCCCCCCCCCCCCCCCCCC)OC(=O)CCCCCCCCC/C=C\C/C=C\CCCCC. The highest BCUT2D eigenvalue weighted by molar-refractivity contribution is 5.71. The Morgan fingerprint density at radius 3 is 0.953 bits per heavy atom. The molecule has 0 amide bonds. The zero-order chi connectivity index (χ0) is 46.5. The Hall–Kier alpha value is -2.37. The van der Waals surface area contributed by atoms with Gasteiger partial charge in [0.05, 0.1) is 0 Å². The van der Waals surface area contributed by atoms with Crippen LogP contribution in [-0.2, 0) is 28.6 Å². The Balaban J connectivity index is 4.31. The number of carbonyl (C=O) groups excluding carboxylic acids is 3. The smallest absolute Gasteiger partial charge is 0.306 e. The quantitative estimate of drug-likeness (QED) is 0.0262. The lowest BCUT2D eigenvalue weighted by molar-refractivity contribution is -0.167. The monoisotopic (exact) mass is 899 g/mol. The van der Waals surface area contributed by atoms with E-state index in [4.69, 9.17) is 14.2 Å². The second-order valence-electron chi connectivity index (χ2n) is 18.8. The second-order valence-corrected chi connectivity index (χ2v) is 18.8. The van der Waals surface area contributed by atoms with Crippen molar-refractivity contribution < 1.29 is 28.6 Å². The maximum absolute atomic E-state index is 12.8. The van der Waals surface area contributed by atoms with E-state index < -0.39 is 6.10 Å². The Kier molecular flexibility index (Phi) is 51.3. The van der Waals surface area contributed by atoms with Crippen molar-refractivity contribution >= 4 is 17.9 Å². The molecule has 0 aromatic heterocycles. The van der Waals surface area contributed by atoms with Crippen LogP contribution in [0.3, 0.4) is 0 Å². The lowest BCUT2D eigenvalue weighted by Crippen LogP contribution is -2.30. The highest BCUT2D eigenvalue weighted by Crippen LogP contribution is 2.16. The van der Waals surface area contributed by atoms with Gasteiger partial charge in [-0.2, -0.15) is 0 Å². The summed E-state index contributed by atoms with van der Waals surface area (Å²) in [5.74, 6) is -0.878. The van der Waals surface area contributed by atoms with Crippen molar-refractivity contribution in [2.75, 3.05) is 13.2 Å². The van der Waals surface area contributed by atoms with E-state index in [-0.39, 0.29) is 31.1 Å². The molecule has 1 unspecified atom stereocenters. The van der Waals surface area contributed by atoms with Gasteiger partial charge in [-0.25, -0.2) is 0 Å². The molecule has 0 aromatic rings. The average molecular weight is 899 g/mol. The fourth-order valence-corrected chi connectivity index (χ4v) is 8.10. The predicted molar refractivity (Wildman–Crippen MR) is 275 cm³/mol. The largest absolute Gasteiger partial charge is 0.462 e. The van der Waals surface area contributed by atoms with Gasteiger partial charge in [0.15, 0.2) is 6.10 Å². The minimum atomic E-state index is -0.776. The second kappa shape index (κ2) is 53.2. The first kappa shape index (κ1) is 61.6. The van der Waals surface area contributed by atoms with Gasteiger partial charge in [0.2, 0.25) is 0 Å². The van der Waals surface area contributed by atoms with E-state index in [0.29, 0.717) is 19.3 Å². The van der Waals surface area contributed by atoms with Crippen LogP contribution in [0.5, 0.6) is 0 Å². The van der Waals surface area contributed by atoms with Crippen LogP contribution >= 0.6 is 0 Å². The number of unbranched alkanes of at least 4 members (excludes halogenated alkanes) is 34. The molecule has 0 aliphatic rings. The molecule has 0 radical (unpaired) electrons. The standard InChI is InChI=1S/C58H106O6/c1-4-7-10-13-16-19-22-24-26-28-30-31-33-36-39-42-45-48-51-57(60)63-54-55(53-62-56(59)50-47-44-41-38-35-21-18-15-12-9-6-3)64-58(61)52-49-46-43-40-37-34-32-29-27-25-23-20-17-14-11-8-5-2/h15,17-18,20,25,27,55H,4-14,16,19,21-24,26,28-54H2,1-3H3/b18-15-,20-17-,27-25-. The van der Waals surface area contributed by atoms with E-state index in [1.54, 1.807) is 0 Å². The van der Waals surface area contributed by atoms with Gasteiger partial charge in [-0.05, 0) is 70.6 Å². The molecule has 0 rings (SSSR count). The van der Waals surface area contributed by atoms with Crippen LogP contribution in [0.25, 0.3) is 0 Å². The number of allylic oxidation sites excluding steroid dienone is 6. The van der Waals surface area contributed by atoms with Crippen LogP contribution in [0, 0.1) is 0 Å². The fourth-order valence-electron chi connectivity index (χ4n) is 8.10. The Morgan fingerprint density at radius 2 is 0.578 bits per heavy atom. The molecule has 0 aliphatic heterocycles. The molecule has 0 saturated heterocycles. The molecule has 0 aliphatic carbocycles. The average Bonchev–Trinajstić information content (AvgIpc) is 3.29. The molecule has 0 N–H and O–H groups in total. The van der Waals surface area contributed by atoms with Gasteiger partial charge in [0, 0.05) is 19.3 Å². The van der Waals surface area contributed by atoms with Gasteiger partial charge in [0.25, 0.3) is 0 Å². The lowest BCUT2D eigenvalue weighted by Gasteiger charge is -2.18. The number of carbonyl (C=O) groups is 3. The molecule has 6 heteroatoms. The van der Waals surface area contributed by atoms with Crippen LogP contribution in [0.15, 0.2) is 36.5 Å². The molecule has 64 heavy (non-hydrogen) atoms. The first-order valence-electron chi connectivity index (χ1n) is 28.0. The summed E-state index contributed by atoms with van der Waals surface area (Å²) >= 11 is 0. The highest BCUT2D eigenvalue weighted by atomic mass is 16.6. The summed E-state index contributed by atoms with van der Waals surface area (Å²) in [6, 6.07) is 0.